The Morgan fingerprint density at radius 2 is 1.42 bits per heavy atom. The molecule has 0 heterocycles. The molecule has 3 heteroatoms. The van der Waals surface area contributed by atoms with Gasteiger partial charge in [0.2, 0.25) is 0 Å². The average Bonchev–Trinajstić information content (AvgIpc) is 2.72. The summed E-state index contributed by atoms with van der Waals surface area (Å²) >= 11 is 0. The standard InChI is InChI=1S/C23H21NO2/c1-24(23(25)26-2)22-11-7-6-10-21(22)17-14-18-12-15-20(16-13-18)19-8-4-3-5-9-19/h3-17H,1-2H3. The summed E-state index contributed by atoms with van der Waals surface area (Å²) in [6.07, 6.45) is 3.66. The van der Waals surface area contributed by atoms with Gasteiger partial charge in [0.15, 0.2) is 0 Å². The van der Waals surface area contributed by atoms with E-state index in [4.69, 9.17) is 4.74 Å². The molecule has 0 saturated heterocycles. The fourth-order valence-electron chi connectivity index (χ4n) is 2.77. The zero-order valence-corrected chi connectivity index (χ0v) is 14.9. The quantitative estimate of drug-likeness (QED) is 0.566. The Hall–Kier alpha value is -3.33. The van der Waals surface area contributed by atoms with Crippen molar-refractivity contribution in [2.75, 3.05) is 19.1 Å². The fourth-order valence-corrected chi connectivity index (χ4v) is 2.77. The second kappa shape index (κ2) is 8.17. The molecule has 0 aliphatic rings. The van der Waals surface area contributed by atoms with Crippen LogP contribution in [0.15, 0.2) is 78.9 Å². The zero-order valence-electron chi connectivity index (χ0n) is 14.9. The van der Waals surface area contributed by atoms with Crippen molar-refractivity contribution < 1.29 is 9.53 Å². The Morgan fingerprint density at radius 3 is 2.12 bits per heavy atom. The van der Waals surface area contributed by atoms with Gasteiger partial charge in [-0.25, -0.2) is 4.79 Å². The number of carbonyl (C=O) groups is 1. The molecular formula is C23H21NO2. The minimum atomic E-state index is -0.391. The Kier molecular flexibility index (Phi) is 5.49. The third-order valence-electron chi connectivity index (χ3n) is 4.22. The van der Waals surface area contributed by atoms with Crippen LogP contribution < -0.4 is 4.90 Å². The molecule has 0 spiro atoms. The maximum atomic E-state index is 11.8. The van der Waals surface area contributed by atoms with Gasteiger partial charge in [-0.3, -0.25) is 4.90 Å². The van der Waals surface area contributed by atoms with E-state index in [0.717, 1.165) is 16.8 Å². The highest BCUT2D eigenvalue weighted by atomic mass is 16.5. The summed E-state index contributed by atoms with van der Waals surface area (Å²) in [6, 6.07) is 26.4. The van der Waals surface area contributed by atoms with E-state index in [0.29, 0.717) is 0 Å². The van der Waals surface area contributed by atoms with Crippen LogP contribution in [0.1, 0.15) is 11.1 Å². The third-order valence-corrected chi connectivity index (χ3v) is 4.22. The van der Waals surface area contributed by atoms with E-state index in [1.807, 2.05) is 54.6 Å². The number of anilines is 1. The van der Waals surface area contributed by atoms with Crippen LogP contribution in [0.5, 0.6) is 0 Å². The van der Waals surface area contributed by atoms with E-state index >= 15 is 0 Å². The van der Waals surface area contributed by atoms with Gasteiger partial charge in [-0.1, -0.05) is 84.9 Å². The van der Waals surface area contributed by atoms with Gasteiger partial charge in [-0.2, -0.15) is 0 Å². The lowest BCUT2D eigenvalue weighted by atomic mass is 10.0. The Labute approximate surface area is 154 Å². The second-order valence-corrected chi connectivity index (χ2v) is 5.91. The van der Waals surface area contributed by atoms with Crippen molar-refractivity contribution in [1.29, 1.82) is 0 Å². The van der Waals surface area contributed by atoms with Gasteiger partial charge >= 0.3 is 6.09 Å². The molecule has 0 radical (unpaired) electrons. The predicted octanol–water partition coefficient (Wildman–Crippen LogP) is 5.73. The average molecular weight is 343 g/mol. The molecule has 3 rings (SSSR count). The molecule has 0 N–H and O–H groups in total. The first-order chi connectivity index (χ1) is 12.7. The molecule has 0 bridgehead atoms. The van der Waals surface area contributed by atoms with Crippen LogP contribution in [0.2, 0.25) is 0 Å². The summed E-state index contributed by atoms with van der Waals surface area (Å²) in [6.45, 7) is 0. The third kappa shape index (κ3) is 4.01. The molecular weight excluding hydrogens is 322 g/mol. The smallest absolute Gasteiger partial charge is 0.413 e. The van der Waals surface area contributed by atoms with Crippen LogP contribution in [-0.2, 0) is 4.74 Å². The summed E-state index contributed by atoms with van der Waals surface area (Å²) in [5.74, 6) is 0. The van der Waals surface area contributed by atoms with E-state index in [2.05, 4.69) is 36.4 Å². The summed E-state index contributed by atoms with van der Waals surface area (Å²) < 4.78 is 4.80. The van der Waals surface area contributed by atoms with Gasteiger partial charge in [0.05, 0.1) is 12.8 Å². The number of ether oxygens (including phenoxy) is 1. The molecule has 3 nitrogen and oxygen atoms in total. The van der Waals surface area contributed by atoms with Crippen LogP contribution in [-0.4, -0.2) is 20.3 Å². The highest BCUT2D eigenvalue weighted by Crippen LogP contribution is 2.23. The van der Waals surface area contributed by atoms with Gasteiger partial charge in [-0.05, 0) is 28.3 Å². The summed E-state index contributed by atoms with van der Waals surface area (Å²) in [5, 5.41) is 0. The lowest BCUT2D eigenvalue weighted by molar-refractivity contribution is 0.180. The van der Waals surface area contributed by atoms with Crippen molar-refractivity contribution in [2.24, 2.45) is 0 Å². The molecule has 0 atom stereocenters. The number of nitrogens with zero attached hydrogens (tertiary/aromatic N) is 1. The van der Waals surface area contributed by atoms with Crippen molar-refractivity contribution in [1.82, 2.24) is 0 Å². The maximum Gasteiger partial charge on any atom is 0.413 e. The zero-order chi connectivity index (χ0) is 18.4. The lowest BCUT2D eigenvalue weighted by Crippen LogP contribution is -2.26. The molecule has 0 saturated carbocycles. The molecule has 0 fully saturated rings. The molecule has 26 heavy (non-hydrogen) atoms. The predicted molar refractivity (Wildman–Crippen MR) is 108 cm³/mol. The van der Waals surface area contributed by atoms with Crippen molar-refractivity contribution in [2.45, 2.75) is 0 Å². The van der Waals surface area contributed by atoms with Crippen LogP contribution in [0.4, 0.5) is 10.5 Å². The van der Waals surface area contributed by atoms with Crippen molar-refractivity contribution in [3.63, 3.8) is 0 Å². The number of hydrogen-bond donors (Lipinski definition) is 0. The number of methoxy groups -OCH3 is 1. The Bertz CT molecular complexity index is 899. The minimum absolute atomic E-state index is 0.391. The molecule has 3 aromatic rings. The Morgan fingerprint density at radius 1 is 0.808 bits per heavy atom. The minimum Gasteiger partial charge on any atom is -0.452 e. The molecule has 0 unspecified atom stereocenters. The van der Waals surface area contributed by atoms with Gasteiger partial charge in [0.1, 0.15) is 0 Å². The summed E-state index contributed by atoms with van der Waals surface area (Å²) in [4.78, 5) is 13.3. The topological polar surface area (TPSA) is 29.5 Å². The molecule has 0 aromatic heterocycles. The number of benzene rings is 3. The van der Waals surface area contributed by atoms with E-state index in [1.165, 1.54) is 23.1 Å². The summed E-state index contributed by atoms with van der Waals surface area (Å²) in [5.41, 5.74) is 5.24. The van der Waals surface area contributed by atoms with Crippen molar-refractivity contribution >= 4 is 23.9 Å². The van der Waals surface area contributed by atoms with E-state index in [-0.39, 0.29) is 0 Å². The number of para-hydroxylation sites is 1. The Balaban J connectivity index is 1.81. The van der Waals surface area contributed by atoms with Gasteiger partial charge in [-0.15, -0.1) is 0 Å². The molecule has 1 amide bonds. The SMILES string of the molecule is COC(=O)N(C)c1ccccc1C=Cc1ccc(-c2ccccc2)cc1. The van der Waals surface area contributed by atoms with Crippen molar-refractivity contribution in [3.05, 3.63) is 90.0 Å². The van der Waals surface area contributed by atoms with Crippen molar-refractivity contribution in [3.8, 4) is 11.1 Å². The van der Waals surface area contributed by atoms with Crippen LogP contribution >= 0.6 is 0 Å². The maximum absolute atomic E-state index is 11.8. The first kappa shape index (κ1) is 17.5. The largest absolute Gasteiger partial charge is 0.452 e. The second-order valence-electron chi connectivity index (χ2n) is 5.91. The highest BCUT2D eigenvalue weighted by molar-refractivity contribution is 5.91. The monoisotopic (exact) mass is 343 g/mol. The van der Waals surface area contributed by atoms with E-state index in [1.54, 1.807) is 7.05 Å². The first-order valence-electron chi connectivity index (χ1n) is 8.43. The first-order valence-corrected chi connectivity index (χ1v) is 8.43. The normalized spacial score (nSPS) is 10.7. The van der Waals surface area contributed by atoms with Gasteiger partial charge in [0.25, 0.3) is 0 Å². The number of rotatable bonds is 4. The highest BCUT2D eigenvalue weighted by Gasteiger charge is 2.12. The molecule has 0 aliphatic carbocycles. The summed E-state index contributed by atoms with van der Waals surface area (Å²) in [7, 11) is 3.08. The van der Waals surface area contributed by atoms with Crippen LogP contribution in [0, 0.1) is 0 Å². The van der Waals surface area contributed by atoms with E-state index < -0.39 is 6.09 Å². The lowest BCUT2D eigenvalue weighted by Gasteiger charge is -2.17. The van der Waals surface area contributed by atoms with Crippen LogP contribution in [0.25, 0.3) is 23.3 Å². The number of hydrogen-bond acceptors (Lipinski definition) is 2. The number of carbonyl (C=O) groups excluding carboxylic acids is 1. The van der Waals surface area contributed by atoms with Crippen LogP contribution in [0.3, 0.4) is 0 Å². The fraction of sp³-hybridized carbons (Fsp3) is 0.0870. The molecule has 3 aromatic carbocycles. The number of amides is 1. The van der Waals surface area contributed by atoms with E-state index in [9.17, 15) is 4.79 Å². The van der Waals surface area contributed by atoms with Gasteiger partial charge in [0, 0.05) is 7.05 Å². The molecule has 130 valence electrons. The molecule has 0 aliphatic heterocycles. The van der Waals surface area contributed by atoms with Gasteiger partial charge < -0.3 is 4.74 Å².